The number of nitrogens with zero attached hydrogens (tertiary/aromatic N) is 2. The van der Waals surface area contributed by atoms with Crippen LogP contribution in [0.15, 0.2) is 45.6 Å². The summed E-state index contributed by atoms with van der Waals surface area (Å²) in [5, 5.41) is 9.67. The first-order valence-corrected chi connectivity index (χ1v) is 8.71. The minimum atomic E-state index is -0.652. The zero-order valence-electron chi connectivity index (χ0n) is 15.2. The number of fused-ring (bicyclic) bond motifs is 1. The Labute approximate surface area is 156 Å². The maximum Gasteiger partial charge on any atom is 0.349 e. The number of amides is 1. The maximum atomic E-state index is 12.3. The first kappa shape index (κ1) is 18.4. The zero-order chi connectivity index (χ0) is 19.2. The minimum absolute atomic E-state index is 0.0130. The van der Waals surface area contributed by atoms with E-state index in [0.29, 0.717) is 35.7 Å². The third-order valence-corrected chi connectivity index (χ3v) is 3.80. The van der Waals surface area contributed by atoms with Gasteiger partial charge in [-0.2, -0.15) is 0 Å². The molecule has 3 rings (SSSR count). The van der Waals surface area contributed by atoms with E-state index in [-0.39, 0.29) is 5.56 Å². The number of hydrogen-bond donors (Lipinski definition) is 3. The highest BCUT2D eigenvalue weighted by Gasteiger charge is 2.13. The van der Waals surface area contributed by atoms with Crippen LogP contribution >= 0.6 is 0 Å². The summed E-state index contributed by atoms with van der Waals surface area (Å²) >= 11 is 0. The number of benzene rings is 1. The van der Waals surface area contributed by atoms with Crippen molar-refractivity contribution >= 4 is 28.5 Å². The van der Waals surface area contributed by atoms with Gasteiger partial charge in [-0.3, -0.25) is 4.79 Å². The first-order valence-electron chi connectivity index (χ1n) is 8.71. The van der Waals surface area contributed by atoms with E-state index >= 15 is 0 Å². The summed E-state index contributed by atoms with van der Waals surface area (Å²) in [4.78, 5) is 32.9. The van der Waals surface area contributed by atoms with Crippen LogP contribution < -0.4 is 21.6 Å². The molecule has 27 heavy (non-hydrogen) atoms. The molecule has 0 saturated carbocycles. The molecule has 0 aliphatic heterocycles. The molecule has 8 heteroatoms. The molecular formula is C19H21N5O3. The summed E-state index contributed by atoms with van der Waals surface area (Å²) in [6.45, 7) is 5.34. The molecule has 1 amide bonds. The Hall–Kier alpha value is -3.42. The zero-order valence-corrected chi connectivity index (χ0v) is 15.2. The van der Waals surface area contributed by atoms with Gasteiger partial charge >= 0.3 is 5.63 Å². The third-order valence-electron chi connectivity index (χ3n) is 3.80. The maximum absolute atomic E-state index is 12.3. The minimum Gasteiger partial charge on any atom is -0.422 e. The summed E-state index contributed by atoms with van der Waals surface area (Å²) in [5.74, 6) is 1.58. The van der Waals surface area contributed by atoms with Crippen LogP contribution in [-0.2, 0) is 0 Å². The third kappa shape index (κ3) is 4.60. The van der Waals surface area contributed by atoms with Crippen LogP contribution in [0.5, 0.6) is 0 Å². The molecule has 1 aromatic carbocycles. The van der Waals surface area contributed by atoms with E-state index in [2.05, 4.69) is 25.9 Å². The lowest BCUT2D eigenvalue weighted by atomic mass is 10.2. The monoisotopic (exact) mass is 367 g/mol. The number of carbonyl (C=O) groups excluding carboxylic acids is 1. The van der Waals surface area contributed by atoms with Crippen LogP contribution in [0, 0.1) is 6.92 Å². The van der Waals surface area contributed by atoms with Crippen molar-refractivity contribution in [1.29, 1.82) is 0 Å². The van der Waals surface area contributed by atoms with E-state index in [0.717, 1.165) is 12.4 Å². The lowest BCUT2D eigenvalue weighted by Crippen LogP contribution is -2.32. The molecule has 2 aromatic heterocycles. The Morgan fingerprint density at radius 3 is 2.59 bits per heavy atom. The average molecular weight is 367 g/mol. The number of nitrogens with one attached hydrogen (secondary N) is 3. The summed E-state index contributed by atoms with van der Waals surface area (Å²) in [7, 11) is 0. The molecule has 0 radical (unpaired) electrons. The van der Waals surface area contributed by atoms with Gasteiger partial charge in [0.2, 0.25) is 0 Å². The predicted molar refractivity (Wildman–Crippen MR) is 104 cm³/mol. The Morgan fingerprint density at radius 1 is 1.07 bits per heavy atom. The molecule has 3 aromatic rings. The largest absolute Gasteiger partial charge is 0.422 e. The van der Waals surface area contributed by atoms with Gasteiger partial charge in [0.1, 0.15) is 28.6 Å². The summed E-state index contributed by atoms with van der Waals surface area (Å²) < 4.78 is 5.18. The fraction of sp³-hybridized carbons (Fsp3) is 0.263. The van der Waals surface area contributed by atoms with Crippen molar-refractivity contribution in [3.8, 4) is 0 Å². The molecule has 3 N–H and O–H groups in total. The van der Waals surface area contributed by atoms with Gasteiger partial charge < -0.3 is 20.4 Å². The molecule has 0 aliphatic rings. The number of aryl methyl sites for hydroxylation is 1. The smallest absolute Gasteiger partial charge is 0.349 e. The number of aromatic nitrogens is 2. The lowest BCUT2D eigenvalue weighted by Gasteiger charge is -2.10. The molecule has 8 nitrogen and oxygen atoms in total. The highest BCUT2D eigenvalue weighted by Crippen LogP contribution is 2.12. The van der Waals surface area contributed by atoms with E-state index in [4.69, 9.17) is 4.42 Å². The summed E-state index contributed by atoms with van der Waals surface area (Å²) in [6, 6.07) is 10.4. The molecule has 0 aliphatic carbocycles. The van der Waals surface area contributed by atoms with Crippen LogP contribution in [-0.4, -0.2) is 35.5 Å². The molecular weight excluding hydrogens is 346 g/mol. The van der Waals surface area contributed by atoms with Gasteiger partial charge in [0, 0.05) is 31.1 Å². The molecule has 0 bridgehead atoms. The normalized spacial score (nSPS) is 10.6. The van der Waals surface area contributed by atoms with E-state index in [1.165, 1.54) is 0 Å². The fourth-order valence-electron chi connectivity index (χ4n) is 2.61. The van der Waals surface area contributed by atoms with Crippen molar-refractivity contribution in [3.05, 3.63) is 58.2 Å². The Kier molecular flexibility index (Phi) is 5.65. The molecule has 140 valence electrons. The van der Waals surface area contributed by atoms with E-state index in [9.17, 15) is 9.59 Å². The van der Waals surface area contributed by atoms with Crippen molar-refractivity contribution < 1.29 is 9.21 Å². The van der Waals surface area contributed by atoms with Crippen molar-refractivity contribution in [2.24, 2.45) is 0 Å². The number of anilines is 2. The van der Waals surface area contributed by atoms with Crippen LogP contribution in [0.25, 0.3) is 11.0 Å². The number of rotatable bonds is 7. The molecule has 2 heterocycles. The van der Waals surface area contributed by atoms with Crippen molar-refractivity contribution in [1.82, 2.24) is 15.3 Å². The van der Waals surface area contributed by atoms with Crippen molar-refractivity contribution in [2.45, 2.75) is 13.8 Å². The van der Waals surface area contributed by atoms with Crippen LogP contribution in [0.4, 0.5) is 11.6 Å². The number of carbonyl (C=O) groups is 1. The number of hydrogen-bond acceptors (Lipinski definition) is 7. The highest BCUT2D eigenvalue weighted by molar-refractivity contribution is 5.96. The molecule has 0 fully saturated rings. The van der Waals surface area contributed by atoms with Gasteiger partial charge in [-0.25, -0.2) is 14.8 Å². The predicted octanol–water partition coefficient (Wildman–Crippen LogP) is 2.17. The molecule has 0 unspecified atom stereocenters. The highest BCUT2D eigenvalue weighted by atomic mass is 16.4. The van der Waals surface area contributed by atoms with Crippen LogP contribution in [0.2, 0.25) is 0 Å². The molecule has 0 atom stereocenters. The van der Waals surface area contributed by atoms with Gasteiger partial charge in [0.05, 0.1) is 0 Å². The van der Waals surface area contributed by atoms with E-state index in [1.54, 1.807) is 30.3 Å². The second-order valence-corrected chi connectivity index (χ2v) is 5.88. The van der Waals surface area contributed by atoms with Gasteiger partial charge in [0.25, 0.3) is 5.91 Å². The van der Waals surface area contributed by atoms with Gasteiger partial charge in [-0.05, 0) is 26.0 Å². The lowest BCUT2D eigenvalue weighted by molar-refractivity contribution is 0.0951. The second kappa shape index (κ2) is 8.31. The number of para-hydroxylation sites is 1. The van der Waals surface area contributed by atoms with Crippen LogP contribution in [0.1, 0.15) is 23.1 Å². The standard InChI is InChI=1S/C19H21N5O3/c1-3-20-16-11-17(24-12(2)23-16)21-8-9-22-18(25)14-10-13-6-4-5-7-15(13)27-19(14)26/h4-7,10-11H,3,8-9H2,1-2H3,(H,22,25)(H2,20,21,23,24). The Morgan fingerprint density at radius 2 is 1.81 bits per heavy atom. The summed E-state index contributed by atoms with van der Waals surface area (Å²) in [6.07, 6.45) is 0. The van der Waals surface area contributed by atoms with Crippen molar-refractivity contribution in [3.63, 3.8) is 0 Å². The second-order valence-electron chi connectivity index (χ2n) is 5.88. The Balaban J connectivity index is 1.59. The topological polar surface area (TPSA) is 109 Å². The van der Waals surface area contributed by atoms with Crippen molar-refractivity contribution in [2.75, 3.05) is 30.3 Å². The first-order chi connectivity index (χ1) is 13.1. The average Bonchev–Trinajstić information content (AvgIpc) is 2.64. The van der Waals surface area contributed by atoms with E-state index < -0.39 is 11.5 Å². The van der Waals surface area contributed by atoms with E-state index in [1.807, 2.05) is 19.9 Å². The quantitative estimate of drug-likeness (QED) is 0.434. The van der Waals surface area contributed by atoms with Gasteiger partial charge in [-0.1, -0.05) is 18.2 Å². The van der Waals surface area contributed by atoms with Gasteiger partial charge in [-0.15, -0.1) is 0 Å². The Bertz CT molecular complexity index is 1020. The molecule has 0 saturated heterocycles. The van der Waals surface area contributed by atoms with Crippen LogP contribution in [0.3, 0.4) is 0 Å². The molecule has 0 spiro atoms. The summed E-state index contributed by atoms with van der Waals surface area (Å²) in [5.41, 5.74) is -0.210. The van der Waals surface area contributed by atoms with Gasteiger partial charge in [0.15, 0.2) is 0 Å². The fourth-order valence-corrected chi connectivity index (χ4v) is 2.61. The SMILES string of the molecule is CCNc1cc(NCCNC(=O)c2cc3ccccc3oc2=O)nc(C)n1.